The van der Waals surface area contributed by atoms with E-state index < -0.39 is 0 Å². The van der Waals surface area contributed by atoms with Crippen molar-refractivity contribution in [3.8, 4) is 0 Å². The standard InChI is InChI=1S/C16H35N3O/c1-6-8-17-16-7-9-19(15(3)14(16)2)11-13-20-12-10-18(4)5/h14-17H,6-13H2,1-5H3. The van der Waals surface area contributed by atoms with Gasteiger partial charge in [-0.2, -0.15) is 0 Å². The summed E-state index contributed by atoms with van der Waals surface area (Å²) in [4.78, 5) is 4.75. The third kappa shape index (κ3) is 6.08. The molecule has 0 amide bonds. The van der Waals surface area contributed by atoms with Gasteiger partial charge in [0.2, 0.25) is 0 Å². The zero-order valence-corrected chi connectivity index (χ0v) is 14.2. The van der Waals surface area contributed by atoms with E-state index in [2.05, 4.69) is 50.0 Å². The van der Waals surface area contributed by atoms with E-state index in [4.69, 9.17) is 4.74 Å². The molecule has 1 rings (SSSR count). The fraction of sp³-hybridized carbons (Fsp3) is 1.00. The highest BCUT2D eigenvalue weighted by Crippen LogP contribution is 2.23. The Bertz CT molecular complexity index is 248. The van der Waals surface area contributed by atoms with Gasteiger partial charge in [0.25, 0.3) is 0 Å². The molecule has 1 fully saturated rings. The number of nitrogens with one attached hydrogen (secondary N) is 1. The van der Waals surface area contributed by atoms with Gasteiger partial charge in [-0.05, 0) is 46.3 Å². The Balaban J connectivity index is 2.21. The van der Waals surface area contributed by atoms with Crippen LogP contribution >= 0.6 is 0 Å². The summed E-state index contributed by atoms with van der Waals surface area (Å²) < 4.78 is 5.72. The van der Waals surface area contributed by atoms with Crippen molar-refractivity contribution in [2.45, 2.75) is 45.7 Å². The Hall–Kier alpha value is -0.160. The number of ether oxygens (including phenoxy) is 1. The molecule has 1 aliphatic rings. The Morgan fingerprint density at radius 3 is 2.65 bits per heavy atom. The zero-order valence-electron chi connectivity index (χ0n) is 14.2. The zero-order chi connectivity index (χ0) is 15.0. The van der Waals surface area contributed by atoms with Gasteiger partial charge in [0.05, 0.1) is 13.2 Å². The van der Waals surface area contributed by atoms with E-state index in [9.17, 15) is 0 Å². The predicted molar refractivity (Wildman–Crippen MR) is 86.3 cm³/mol. The number of hydrogen-bond acceptors (Lipinski definition) is 4. The Labute approximate surface area is 125 Å². The van der Waals surface area contributed by atoms with Gasteiger partial charge in [-0.3, -0.25) is 4.90 Å². The van der Waals surface area contributed by atoms with Gasteiger partial charge in [0, 0.05) is 31.7 Å². The van der Waals surface area contributed by atoms with E-state index in [0.717, 1.165) is 38.8 Å². The molecule has 1 aliphatic heterocycles. The molecule has 0 aromatic heterocycles. The molecule has 0 aliphatic carbocycles. The summed E-state index contributed by atoms with van der Waals surface area (Å²) in [6.07, 6.45) is 2.49. The maximum atomic E-state index is 5.72. The molecule has 0 saturated carbocycles. The predicted octanol–water partition coefficient (Wildman–Crippen LogP) is 1.66. The molecular formula is C16H35N3O. The van der Waals surface area contributed by atoms with E-state index in [1.165, 1.54) is 19.4 Å². The van der Waals surface area contributed by atoms with Gasteiger partial charge in [0.15, 0.2) is 0 Å². The van der Waals surface area contributed by atoms with Crippen LogP contribution in [-0.2, 0) is 4.74 Å². The lowest BCUT2D eigenvalue weighted by molar-refractivity contribution is 0.0412. The second-order valence-electron chi connectivity index (χ2n) is 6.40. The second kappa shape index (κ2) is 9.72. The van der Waals surface area contributed by atoms with E-state index in [1.807, 2.05) is 0 Å². The number of rotatable bonds is 9. The van der Waals surface area contributed by atoms with E-state index in [1.54, 1.807) is 0 Å². The highest BCUT2D eigenvalue weighted by molar-refractivity contribution is 4.88. The third-order valence-electron chi connectivity index (χ3n) is 4.56. The molecule has 1 N–H and O–H groups in total. The van der Waals surface area contributed by atoms with Crippen LogP contribution in [0.4, 0.5) is 0 Å². The van der Waals surface area contributed by atoms with Crippen molar-refractivity contribution in [1.29, 1.82) is 0 Å². The number of piperidine rings is 1. The first-order valence-electron chi connectivity index (χ1n) is 8.26. The van der Waals surface area contributed by atoms with Crippen LogP contribution in [0.1, 0.15) is 33.6 Å². The van der Waals surface area contributed by atoms with Gasteiger partial charge in [-0.25, -0.2) is 0 Å². The van der Waals surface area contributed by atoms with E-state index in [0.29, 0.717) is 12.1 Å². The van der Waals surface area contributed by atoms with Gasteiger partial charge >= 0.3 is 0 Å². The van der Waals surface area contributed by atoms with Crippen molar-refractivity contribution >= 4 is 0 Å². The smallest absolute Gasteiger partial charge is 0.0594 e. The van der Waals surface area contributed by atoms with E-state index in [-0.39, 0.29) is 0 Å². The highest BCUT2D eigenvalue weighted by Gasteiger charge is 2.31. The normalized spacial score (nSPS) is 28.2. The lowest BCUT2D eigenvalue weighted by Gasteiger charge is -2.43. The van der Waals surface area contributed by atoms with Crippen LogP contribution in [0.5, 0.6) is 0 Å². The maximum absolute atomic E-state index is 5.72. The SMILES string of the molecule is CCCNC1CCN(CCOCCN(C)C)C(C)C1C. The summed E-state index contributed by atoms with van der Waals surface area (Å²) in [5, 5.41) is 3.70. The molecule has 1 heterocycles. The fourth-order valence-electron chi connectivity index (χ4n) is 2.90. The maximum Gasteiger partial charge on any atom is 0.0594 e. The third-order valence-corrected chi connectivity index (χ3v) is 4.56. The largest absolute Gasteiger partial charge is 0.379 e. The molecule has 4 nitrogen and oxygen atoms in total. The van der Waals surface area contributed by atoms with Crippen molar-refractivity contribution < 1.29 is 4.74 Å². The minimum Gasteiger partial charge on any atom is -0.379 e. The summed E-state index contributed by atoms with van der Waals surface area (Å²) in [6, 6.07) is 1.34. The Morgan fingerprint density at radius 1 is 1.25 bits per heavy atom. The first-order valence-corrected chi connectivity index (χ1v) is 8.26. The molecule has 0 bridgehead atoms. The summed E-state index contributed by atoms with van der Waals surface area (Å²) in [5.41, 5.74) is 0. The second-order valence-corrected chi connectivity index (χ2v) is 6.40. The minimum atomic E-state index is 0.649. The van der Waals surface area contributed by atoms with E-state index >= 15 is 0 Å². The fourth-order valence-corrected chi connectivity index (χ4v) is 2.90. The van der Waals surface area contributed by atoms with Crippen LogP contribution in [0.3, 0.4) is 0 Å². The number of likely N-dealkylation sites (tertiary alicyclic amines) is 1. The topological polar surface area (TPSA) is 27.7 Å². The minimum absolute atomic E-state index is 0.649. The molecule has 20 heavy (non-hydrogen) atoms. The number of likely N-dealkylation sites (N-methyl/N-ethyl adjacent to an activating group) is 1. The van der Waals surface area contributed by atoms with Crippen LogP contribution in [-0.4, -0.2) is 75.4 Å². The average molecular weight is 285 g/mol. The van der Waals surface area contributed by atoms with Gasteiger partial charge < -0.3 is 15.0 Å². The molecule has 0 aromatic rings. The van der Waals surface area contributed by atoms with Crippen LogP contribution in [0.25, 0.3) is 0 Å². The van der Waals surface area contributed by atoms with Gasteiger partial charge in [-0.1, -0.05) is 13.8 Å². The summed E-state index contributed by atoms with van der Waals surface area (Å²) in [6.45, 7) is 13.1. The van der Waals surface area contributed by atoms with Crippen molar-refractivity contribution in [2.24, 2.45) is 5.92 Å². The highest BCUT2D eigenvalue weighted by atomic mass is 16.5. The van der Waals surface area contributed by atoms with Crippen LogP contribution < -0.4 is 5.32 Å². The van der Waals surface area contributed by atoms with Crippen molar-refractivity contribution in [2.75, 3.05) is 53.5 Å². The van der Waals surface area contributed by atoms with Crippen LogP contribution in [0.2, 0.25) is 0 Å². The summed E-state index contributed by atoms with van der Waals surface area (Å²) in [5.74, 6) is 0.720. The van der Waals surface area contributed by atoms with Crippen LogP contribution in [0.15, 0.2) is 0 Å². The van der Waals surface area contributed by atoms with Gasteiger partial charge in [-0.15, -0.1) is 0 Å². The van der Waals surface area contributed by atoms with Crippen LogP contribution in [0, 0.1) is 5.92 Å². The monoisotopic (exact) mass is 285 g/mol. The molecule has 0 aromatic carbocycles. The Kier molecular flexibility index (Phi) is 8.69. The Morgan fingerprint density at radius 2 is 2.00 bits per heavy atom. The quantitative estimate of drug-likeness (QED) is 0.652. The first-order chi connectivity index (χ1) is 9.56. The molecule has 3 unspecified atom stereocenters. The number of nitrogens with zero attached hydrogens (tertiary/aromatic N) is 2. The molecule has 0 radical (unpaired) electrons. The molecule has 4 heteroatoms. The molecule has 120 valence electrons. The lowest BCUT2D eigenvalue weighted by Crippen LogP contribution is -2.54. The first kappa shape index (κ1) is 17.9. The molecule has 1 saturated heterocycles. The molecule has 0 spiro atoms. The summed E-state index contributed by atoms with van der Waals surface area (Å²) >= 11 is 0. The van der Waals surface area contributed by atoms with Gasteiger partial charge in [0.1, 0.15) is 0 Å². The van der Waals surface area contributed by atoms with Crippen molar-refractivity contribution in [1.82, 2.24) is 15.1 Å². The molecule has 3 atom stereocenters. The molecular weight excluding hydrogens is 250 g/mol. The van der Waals surface area contributed by atoms with Crippen molar-refractivity contribution in [3.63, 3.8) is 0 Å². The van der Waals surface area contributed by atoms with Crippen molar-refractivity contribution in [3.05, 3.63) is 0 Å². The lowest BCUT2D eigenvalue weighted by atomic mass is 9.87. The summed E-state index contributed by atoms with van der Waals surface area (Å²) in [7, 11) is 4.17. The average Bonchev–Trinajstić information content (AvgIpc) is 2.41. The number of hydrogen-bond donors (Lipinski definition) is 1.